The lowest BCUT2D eigenvalue weighted by molar-refractivity contribution is -0.158. The van der Waals surface area contributed by atoms with Crippen molar-refractivity contribution in [1.82, 2.24) is 4.90 Å². The highest BCUT2D eigenvalue weighted by Gasteiger charge is 2.40. The van der Waals surface area contributed by atoms with Crippen molar-refractivity contribution < 1.29 is 24.3 Å². The predicted octanol–water partition coefficient (Wildman–Crippen LogP) is -1.47. The van der Waals surface area contributed by atoms with Gasteiger partial charge in [-0.1, -0.05) is 20.8 Å². The summed E-state index contributed by atoms with van der Waals surface area (Å²) in [5.41, 5.74) is 9.04. The lowest BCUT2D eigenvalue weighted by atomic mass is 9.80. The molecule has 0 rings (SSSR count). The highest BCUT2D eigenvalue weighted by Crippen LogP contribution is 2.27. The molecule has 19 heavy (non-hydrogen) atoms. The Hall–Kier alpha value is -2.12. The number of aliphatic carboxylic acids is 1. The van der Waals surface area contributed by atoms with E-state index in [0.29, 0.717) is 0 Å². The van der Waals surface area contributed by atoms with E-state index in [1.54, 1.807) is 20.8 Å². The Morgan fingerprint density at radius 1 is 1.05 bits per heavy atom. The number of hydrogen-bond acceptors (Lipinski definition) is 4. The van der Waals surface area contributed by atoms with E-state index in [0.717, 1.165) is 4.90 Å². The third kappa shape index (κ3) is 5.36. The molecule has 0 aliphatic carbocycles. The van der Waals surface area contributed by atoms with Gasteiger partial charge in [-0.05, 0) is 5.41 Å². The first kappa shape index (κ1) is 16.9. The second-order valence-corrected chi connectivity index (χ2v) is 5.26. The van der Waals surface area contributed by atoms with Gasteiger partial charge in [0.2, 0.25) is 17.7 Å². The van der Waals surface area contributed by atoms with E-state index in [2.05, 4.69) is 0 Å². The van der Waals surface area contributed by atoms with E-state index in [4.69, 9.17) is 16.6 Å². The molecule has 0 spiro atoms. The van der Waals surface area contributed by atoms with Crippen molar-refractivity contribution in [3.8, 4) is 0 Å². The molecule has 0 aromatic rings. The molecular formula is C11H19N3O5. The fourth-order valence-corrected chi connectivity index (χ4v) is 1.62. The third-order valence-corrected chi connectivity index (χ3v) is 2.36. The molecule has 5 N–H and O–H groups in total. The van der Waals surface area contributed by atoms with Gasteiger partial charge >= 0.3 is 5.97 Å². The lowest BCUT2D eigenvalue weighted by Gasteiger charge is -2.30. The van der Waals surface area contributed by atoms with E-state index in [-0.39, 0.29) is 0 Å². The fourth-order valence-electron chi connectivity index (χ4n) is 1.62. The smallest absolute Gasteiger partial charge is 0.316 e. The van der Waals surface area contributed by atoms with Crippen molar-refractivity contribution in [2.24, 2.45) is 22.8 Å². The molecule has 8 nitrogen and oxygen atoms in total. The molecule has 0 fully saturated rings. The van der Waals surface area contributed by atoms with Crippen LogP contribution in [0.15, 0.2) is 0 Å². The fraction of sp³-hybridized carbons (Fsp3) is 0.636. The van der Waals surface area contributed by atoms with Crippen molar-refractivity contribution in [3.05, 3.63) is 0 Å². The van der Waals surface area contributed by atoms with E-state index < -0.39 is 48.1 Å². The van der Waals surface area contributed by atoms with Crippen LogP contribution in [0.4, 0.5) is 0 Å². The second kappa shape index (κ2) is 6.17. The topological polar surface area (TPSA) is 144 Å². The first-order valence-electron chi connectivity index (χ1n) is 5.55. The zero-order chi connectivity index (χ0) is 15.4. The van der Waals surface area contributed by atoms with Crippen LogP contribution in [0.3, 0.4) is 0 Å². The molecule has 0 aromatic carbocycles. The van der Waals surface area contributed by atoms with Gasteiger partial charge in [-0.25, -0.2) is 0 Å². The van der Waals surface area contributed by atoms with Gasteiger partial charge in [0.15, 0.2) is 0 Å². The summed E-state index contributed by atoms with van der Waals surface area (Å²) in [6, 6.07) is 0. The number of carboxylic acids is 1. The first-order valence-corrected chi connectivity index (χ1v) is 5.55. The number of rotatable bonds is 6. The standard InChI is InChI=1S/C11H19N3O5/c1-11(2,3)8(10(18)19)9(17)14(4-6(12)15)5-7(13)16/h8H,4-5H2,1-3H3,(H2,12,15)(H2,13,16)(H,18,19). The number of nitrogens with zero attached hydrogens (tertiary/aromatic N) is 1. The zero-order valence-corrected chi connectivity index (χ0v) is 11.2. The molecule has 1 unspecified atom stereocenters. The normalized spacial score (nSPS) is 12.6. The summed E-state index contributed by atoms with van der Waals surface area (Å²) < 4.78 is 0. The van der Waals surface area contributed by atoms with E-state index in [1.807, 2.05) is 0 Å². The minimum absolute atomic E-state index is 0.554. The largest absolute Gasteiger partial charge is 0.481 e. The van der Waals surface area contributed by atoms with Gasteiger partial charge < -0.3 is 21.5 Å². The van der Waals surface area contributed by atoms with E-state index in [1.165, 1.54) is 0 Å². The monoisotopic (exact) mass is 273 g/mol. The number of amides is 3. The van der Waals surface area contributed by atoms with Gasteiger partial charge in [0.25, 0.3) is 0 Å². The Morgan fingerprint density at radius 3 is 1.63 bits per heavy atom. The lowest BCUT2D eigenvalue weighted by Crippen LogP contribution is -2.50. The molecule has 108 valence electrons. The number of carbonyl (C=O) groups excluding carboxylic acids is 3. The second-order valence-electron chi connectivity index (χ2n) is 5.26. The van der Waals surface area contributed by atoms with Crippen LogP contribution in [0.2, 0.25) is 0 Å². The van der Waals surface area contributed by atoms with Crippen molar-refractivity contribution in [1.29, 1.82) is 0 Å². The SMILES string of the molecule is CC(C)(C)C(C(=O)O)C(=O)N(CC(N)=O)CC(N)=O. The number of carbonyl (C=O) groups is 4. The Morgan fingerprint density at radius 2 is 1.42 bits per heavy atom. The predicted molar refractivity (Wildman–Crippen MR) is 65.5 cm³/mol. The van der Waals surface area contributed by atoms with E-state index in [9.17, 15) is 19.2 Å². The van der Waals surface area contributed by atoms with Crippen LogP contribution < -0.4 is 11.5 Å². The highest BCUT2D eigenvalue weighted by molar-refractivity contribution is 6.00. The van der Waals surface area contributed by atoms with Crippen LogP contribution in [-0.4, -0.2) is 46.8 Å². The van der Waals surface area contributed by atoms with Crippen molar-refractivity contribution >= 4 is 23.7 Å². The summed E-state index contributed by atoms with van der Waals surface area (Å²) in [6.07, 6.45) is 0. The van der Waals surface area contributed by atoms with Crippen molar-refractivity contribution in [2.75, 3.05) is 13.1 Å². The molecule has 0 radical (unpaired) electrons. The molecule has 1 atom stereocenters. The Bertz CT molecular complexity index is 384. The average Bonchev–Trinajstić information content (AvgIpc) is 2.11. The Labute approximate surface area is 110 Å². The molecule has 0 aromatic heterocycles. The quantitative estimate of drug-likeness (QED) is 0.506. The van der Waals surface area contributed by atoms with Crippen LogP contribution in [-0.2, 0) is 19.2 Å². The zero-order valence-electron chi connectivity index (χ0n) is 11.2. The number of primary amides is 2. The number of carboxylic acid groups (broad SMARTS) is 1. The van der Waals surface area contributed by atoms with Crippen LogP contribution in [0.5, 0.6) is 0 Å². The number of hydrogen-bond donors (Lipinski definition) is 3. The highest BCUT2D eigenvalue weighted by atomic mass is 16.4. The molecule has 0 saturated heterocycles. The average molecular weight is 273 g/mol. The molecule has 0 aliphatic heterocycles. The maximum absolute atomic E-state index is 12.1. The van der Waals surface area contributed by atoms with Crippen LogP contribution in [0.25, 0.3) is 0 Å². The van der Waals surface area contributed by atoms with Crippen molar-refractivity contribution in [3.63, 3.8) is 0 Å². The van der Waals surface area contributed by atoms with Gasteiger partial charge in [-0.2, -0.15) is 0 Å². The van der Waals surface area contributed by atoms with Gasteiger partial charge in [0, 0.05) is 0 Å². The van der Waals surface area contributed by atoms with Gasteiger partial charge in [-0.3, -0.25) is 19.2 Å². The van der Waals surface area contributed by atoms with Gasteiger partial charge in [0.1, 0.15) is 5.92 Å². The third-order valence-electron chi connectivity index (χ3n) is 2.36. The molecule has 0 bridgehead atoms. The van der Waals surface area contributed by atoms with Crippen LogP contribution in [0.1, 0.15) is 20.8 Å². The summed E-state index contributed by atoms with van der Waals surface area (Å²) in [7, 11) is 0. The molecule has 8 heteroatoms. The molecule has 0 saturated carbocycles. The summed E-state index contributed by atoms with van der Waals surface area (Å²) in [5.74, 6) is -5.31. The van der Waals surface area contributed by atoms with Crippen molar-refractivity contribution in [2.45, 2.75) is 20.8 Å². The first-order chi connectivity index (χ1) is 8.46. The van der Waals surface area contributed by atoms with Gasteiger partial charge in [-0.15, -0.1) is 0 Å². The van der Waals surface area contributed by atoms with Crippen LogP contribution >= 0.6 is 0 Å². The molecule has 0 heterocycles. The number of nitrogens with two attached hydrogens (primary N) is 2. The Kier molecular flexibility index (Phi) is 5.48. The Balaban J connectivity index is 5.29. The summed E-state index contributed by atoms with van der Waals surface area (Å²) in [6.45, 7) is 3.59. The summed E-state index contributed by atoms with van der Waals surface area (Å²) in [4.78, 5) is 45.8. The molecule has 0 aliphatic rings. The summed E-state index contributed by atoms with van der Waals surface area (Å²) >= 11 is 0. The van der Waals surface area contributed by atoms with E-state index >= 15 is 0 Å². The van der Waals surface area contributed by atoms with Crippen LogP contribution in [0, 0.1) is 11.3 Å². The van der Waals surface area contributed by atoms with Gasteiger partial charge in [0.05, 0.1) is 13.1 Å². The minimum Gasteiger partial charge on any atom is -0.481 e. The molecular weight excluding hydrogens is 254 g/mol. The minimum atomic E-state index is -1.40. The maximum Gasteiger partial charge on any atom is 0.316 e. The maximum atomic E-state index is 12.1. The summed E-state index contributed by atoms with van der Waals surface area (Å²) in [5, 5.41) is 9.12. The molecule has 3 amide bonds.